The van der Waals surface area contributed by atoms with E-state index in [1.807, 2.05) is 24.9 Å². The van der Waals surface area contributed by atoms with E-state index in [0.717, 1.165) is 45.9 Å². The van der Waals surface area contributed by atoms with Crippen LogP contribution in [-0.2, 0) is 18.8 Å². The molecule has 40 heavy (non-hydrogen) atoms. The van der Waals surface area contributed by atoms with Gasteiger partial charge >= 0.3 is 13.2 Å². The monoisotopic (exact) mass is 545 g/mol. The van der Waals surface area contributed by atoms with Gasteiger partial charge in [0.05, 0.1) is 24.4 Å². The first-order valence-electron chi connectivity index (χ1n) is 14.2. The molecule has 2 saturated heterocycles. The summed E-state index contributed by atoms with van der Waals surface area (Å²) in [5, 5.41) is 4.98. The number of carbonyl (C=O) groups is 2. The Morgan fingerprint density at radius 3 is 2.42 bits per heavy atom. The van der Waals surface area contributed by atoms with E-state index >= 15 is 0 Å². The number of allylic oxidation sites excluding steroid dienone is 1. The summed E-state index contributed by atoms with van der Waals surface area (Å²) in [6.07, 6.45) is 3.82. The van der Waals surface area contributed by atoms with Crippen LogP contribution < -0.4 is 10.8 Å². The number of hydrogen-bond acceptors (Lipinski definition) is 6. The third-order valence-electron chi connectivity index (χ3n) is 8.83. The van der Waals surface area contributed by atoms with Crippen LogP contribution in [-0.4, -0.2) is 66.7 Å². The highest BCUT2D eigenvalue weighted by Gasteiger charge is 2.51. The number of aliphatic imine (C=N–C) groups is 1. The summed E-state index contributed by atoms with van der Waals surface area (Å²) in [4.78, 5) is 32.0. The Labute approximate surface area is 237 Å². The zero-order chi connectivity index (χ0) is 28.8. The van der Waals surface area contributed by atoms with E-state index in [2.05, 4.69) is 69.4 Å². The summed E-state index contributed by atoms with van der Waals surface area (Å²) in [6.45, 7) is 12.8. The lowest BCUT2D eigenvalue weighted by Crippen LogP contribution is -2.53. The van der Waals surface area contributed by atoms with Crippen LogP contribution in [0.15, 0.2) is 47.6 Å². The standard InChI is InChI=1S/C31H40BN3O5/c1-19(2)27(34-29(37)38-7)28(36)35-14-8-9-26(35)25-17-23(18-33-25)21-10-11-22-16-24(13-12-20(22)15-21)32-39-30(3,4)31(5,6)40-32/h10-13,15-16,18-19,26-27H,8-9,14,17H2,1-7H3,(H,34,37)/t26-,27-/m0/s1. The Bertz CT molecular complexity index is 1370. The maximum Gasteiger partial charge on any atom is 0.494 e. The number of nitrogens with one attached hydrogen (secondary N) is 1. The van der Waals surface area contributed by atoms with Crippen molar-refractivity contribution >= 4 is 46.6 Å². The summed E-state index contributed by atoms with van der Waals surface area (Å²) in [6, 6.07) is 12.1. The Morgan fingerprint density at radius 2 is 1.75 bits per heavy atom. The summed E-state index contributed by atoms with van der Waals surface area (Å²) in [5.74, 6) is -0.141. The Balaban J connectivity index is 1.28. The molecule has 3 aliphatic heterocycles. The predicted octanol–water partition coefficient (Wildman–Crippen LogP) is 4.70. The van der Waals surface area contributed by atoms with Gasteiger partial charge in [0.2, 0.25) is 5.91 Å². The minimum atomic E-state index is -0.634. The lowest BCUT2D eigenvalue weighted by molar-refractivity contribution is -0.134. The molecule has 0 spiro atoms. The molecule has 2 amide bonds. The number of likely N-dealkylation sites (tertiary alicyclic amines) is 1. The van der Waals surface area contributed by atoms with Crippen molar-refractivity contribution in [1.82, 2.24) is 10.2 Å². The topological polar surface area (TPSA) is 89.5 Å². The van der Waals surface area contributed by atoms with Gasteiger partial charge in [-0.3, -0.25) is 9.79 Å². The largest absolute Gasteiger partial charge is 0.494 e. The van der Waals surface area contributed by atoms with Crippen LogP contribution >= 0.6 is 0 Å². The van der Waals surface area contributed by atoms with Crippen molar-refractivity contribution in [3.63, 3.8) is 0 Å². The number of hydrogen-bond donors (Lipinski definition) is 1. The second kappa shape index (κ2) is 10.7. The molecule has 2 fully saturated rings. The summed E-state index contributed by atoms with van der Waals surface area (Å²) in [7, 11) is 0.916. The van der Waals surface area contributed by atoms with E-state index in [1.165, 1.54) is 7.11 Å². The normalized spacial score (nSPS) is 22.4. The van der Waals surface area contributed by atoms with Crippen molar-refractivity contribution < 1.29 is 23.6 Å². The maximum atomic E-state index is 13.5. The van der Waals surface area contributed by atoms with Crippen LogP contribution in [0.25, 0.3) is 16.3 Å². The van der Waals surface area contributed by atoms with Crippen molar-refractivity contribution in [1.29, 1.82) is 0 Å². The molecule has 5 rings (SSSR count). The summed E-state index contributed by atoms with van der Waals surface area (Å²) < 4.78 is 17.2. The first-order chi connectivity index (χ1) is 18.9. The van der Waals surface area contributed by atoms with Crippen molar-refractivity contribution in [2.24, 2.45) is 10.9 Å². The second-order valence-corrected chi connectivity index (χ2v) is 12.4. The average molecular weight is 545 g/mol. The number of benzene rings is 2. The molecule has 212 valence electrons. The van der Waals surface area contributed by atoms with Gasteiger partial charge in [-0.25, -0.2) is 4.79 Å². The number of amides is 2. The lowest BCUT2D eigenvalue weighted by Gasteiger charge is -2.32. The van der Waals surface area contributed by atoms with Crippen molar-refractivity contribution in [3.05, 3.63) is 48.2 Å². The van der Waals surface area contributed by atoms with Crippen LogP contribution in [0, 0.1) is 5.92 Å². The van der Waals surface area contributed by atoms with Gasteiger partial charge in [-0.2, -0.15) is 0 Å². The van der Waals surface area contributed by atoms with E-state index in [0.29, 0.717) is 13.0 Å². The van der Waals surface area contributed by atoms with Crippen molar-refractivity contribution in [2.75, 3.05) is 13.7 Å². The van der Waals surface area contributed by atoms with Crippen LogP contribution in [0.4, 0.5) is 4.79 Å². The van der Waals surface area contributed by atoms with Crippen LogP contribution in [0.3, 0.4) is 0 Å². The quantitative estimate of drug-likeness (QED) is 0.532. The number of carbonyl (C=O) groups excluding carboxylic acids is 2. The van der Waals surface area contributed by atoms with Gasteiger partial charge in [0.25, 0.3) is 0 Å². The van der Waals surface area contributed by atoms with Crippen LogP contribution in [0.5, 0.6) is 0 Å². The number of fused-ring (bicyclic) bond motifs is 1. The molecule has 3 aliphatic rings. The number of ether oxygens (including phenoxy) is 1. The van der Waals surface area contributed by atoms with E-state index in [-0.39, 0.29) is 29.1 Å². The molecule has 1 N–H and O–H groups in total. The fraction of sp³-hybridized carbons (Fsp3) is 0.516. The fourth-order valence-corrected chi connectivity index (χ4v) is 5.67. The molecular weight excluding hydrogens is 505 g/mol. The predicted molar refractivity (Wildman–Crippen MR) is 159 cm³/mol. The Hall–Kier alpha value is -3.17. The molecular formula is C31H40BN3O5. The van der Waals surface area contributed by atoms with Gasteiger partial charge in [-0.1, -0.05) is 44.2 Å². The minimum Gasteiger partial charge on any atom is -0.453 e. The molecule has 0 aliphatic carbocycles. The second-order valence-electron chi connectivity index (χ2n) is 12.4. The number of rotatable bonds is 6. The van der Waals surface area contributed by atoms with Crippen molar-refractivity contribution in [2.45, 2.75) is 84.1 Å². The highest BCUT2D eigenvalue weighted by molar-refractivity contribution is 6.62. The molecule has 2 aromatic carbocycles. The highest BCUT2D eigenvalue weighted by Crippen LogP contribution is 2.37. The molecule has 0 aromatic heterocycles. The lowest BCUT2D eigenvalue weighted by atomic mass is 9.78. The van der Waals surface area contributed by atoms with Gasteiger partial charge in [-0.15, -0.1) is 0 Å². The first-order valence-corrected chi connectivity index (χ1v) is 14.2. The van der Waals surface area contributed by atoms with Gasteiger partial charge < -0.3 is 24.3 Å². The Morgan fingerprint density at radius 1 is 1.07 bits per heavy atom. The molecule has 0 radical (unpaired) electrons. The van der Waals surface area contributed by atoms with Gasteiger partial charge in [0.1, 0.15) is 6.04 Å². The molecule has 8 nitrogen and oxygen atoms in total. The van der Waals surface area contributed by atoms with E-state index < -0.39 is 19.3 Å². The van der Waals surface area contributed by atoms with E-state index in [4.69, 9.17) is 19.0 Å². The van der Waals surface area contributed by atoms with E-state index in [1.54, 1.807) is 0 Å². The smallest absolute Gasteiger partial charge is 0.453 e. The number of nitrogens with zero attached hydrogens (tertiary/aromatic N) is 2. The third kappa shape index (κ3) is 5.29. The molecule has 0 bridgehead atoms. The zero-order valence-corrected chi connectivity index (χ0v) is 24.6. The summed E-state index contributed by atoms with van der Waals surface area (Å²) in [5.41, 5.74) is 3.51. The third-order valence-corrected chi connectivity index (χ3v) is 8.83. The molecule has 3 heterocycles. The molecule has 9 heteroatoms. The SMILES string of the molecule is COC(=O)N[C@H](C(=O)N1CCC[C@H]1C1=NC=C(c2ccc3cc(B4OC(C)(C)C(C)(C)O4)ccc3c2)C1)C(C)C. The summed E-state index contributed by atoms with van der Waals surface area (Å²) >= 11 is 0. The molecule has 2 atom stereocenters. The first kappa shape index (κ1) is 28.4. The molecule has 0 saturated carbocycles. The van der Waals surface area contributed by atoms with Gasteiger partial charge in [0, 0.05) is 24.9 Å². The number of methoxy groups -OCH3 is 1. The van der Waals surface area contributed by atoms with Crippen LogP contribution in [0.1, 0.15) is 66.4 Å². The zero-order valence-electron chi connectivity index (χ0n) is 24.6. The van der Waals surface area contributed by atoms with Crippen molar-refractivity contribution in [3.8, 4) is 0 Å². The fourth-order valence-electron chi connectivity index (χ4n) is 5.67. The highest BCUT2D eigenvalue weighted by atomic mass is 16.7. The van der Waals surface area contributed by atoms with Crippen LogP contribution in [0.2, 0.25) is 0 Å². The van der Waals surface area contributed by atoms with Gasteiger partial charge in [-0.05, 0) is 79.9 Å². The minimum absolute atomic E-state index is 0.0602. The maximum absolute atomic E-state index is 13.5. The Kier molecular flexibility index (Phi) is 7.57. The molecule has 2 aromatic rings. The number of alkyl carbamates (subject to hydrolysis) is 1. The van der Waals surface area contributed by atoms with Gasteiger partial charge in [0.15, 0.2) is 0 Å². The molecule has 0 unspecified atom stereocenters. The van der Waals surface area contributed by atoms with E-state index in [9.17, 15) is 9.59 Å². The average Bonchev–Trinajstić information content (AvgIpc) is 3.63.